The molecule has 2 saturated heterocycles. The molecule has 2 fully saturated rings. The molecular formula is C28H24N4O. The minimum absolute atomic E-state index is 0.108. The largest absolute Gasteiger partial charge is 0.338 e. The van der Waals surface area contributed by atoms with Crippen molar-refractivity contribution in [2.75, 3.05) is 24.5 Å². The minimum atomic E-state index is 0.108. The van der Waals surface area contributed by atoms with Gasteiger partial charge in [-0.25, -0.2) is 9.97 Å². The summed E-state index contributed by atoms with van der Waals surface area (Å²) in [7, 11) is 0. The van der Waals surface area contributed by atoms with Crippen LogP contribution in [0.4, 0.5) is 5.95 Å². The third kappa shape index (κ3) is 3.55. The van der Waals surface area contributed by atoms with Crippen LogP contribution in [-0.2, 0) is 0 Å². The Labute approximate surface area is 193 Å². The van der Waals surface area contributed by atoms with Gasteiger partial charge in [-0.15, -0.1) is 0 Å². The summed E-state index contributed by atoms with van der Waals surface area (Å²) in [5.41, 5.74) is 4.82. The Bertz CT molecular complexity index is 1290. The van der Waals surface area contributed by atoms with Gasteiger partial charge in [0.05, 0.1) is 11.7 Å². The predicted octanol–water partition coefficient (Wildman–Crippen LogP) is 4.77. The second kappa shape index (κ2) is 8.17. The van der Waals surface area contributed by atoms with Crippen LogP contribution in [0, 0.1) is 5.92 Å². The van der Waals surface area contributed by atoms with Gasteiger partial charge in [0, 0.05) is 42.9 Å². The smallest absolute Gasteiger partial charge is 0.254 e. The fourth-order valence-corrected chi connectivity index (χ4v) is 5.00. The summed E-state index contributed by atoms with van der Waals surface area (Å²) in [5, 5.41) is 0. The summed E-state index contributed by atoms with van der Waals surface area (Å²) in [5.74, 6) is 1.31. The van der Waals surface area contributed by atoms with Crippen molar-refractivity contribution < 1.29 is 4.79 Å². The van der Waals surface area contributed by atoms with Crippen LogP contribution in [-0.4, -0.2) is 46.5 Å². The molecule has 33 heavy (non-hydrogen) atoms. The average Bonchev–Trinajstić information content (AvgIpc) is 3.21. The Morgan fingerprint density at radius 2 is 1.45 bits per heavy atom. The Kier molecular flexibility index (Phi) is 4.87. The highest BCUT2D eigenvalue weighted by atomic mass is 16.2. The van der Waals surface area contributed by atoms with Gasteiger partial charge in [0.15, 0.2) is 0 Å². The molecule has 0 aliphatic carbocycles. The van der Waals surface area contributed by atoms with Gasteiger partial charge in [0.2, 0.25) is 5.95 Å². The van der Waals surface area contributed by atoms with Gasteiger partial charge in [-0.05, 0) is 23.3 Å². The number of nitrogens with zero attached hydrogens (tertiary/aromatic N) is 4. The molecule has 3 heterocycles. The first-order valence-electron chi connectivity index (χ1n) is 11.4. The molecule has 3 aromatic carbocycles. The van der Waals surface area contributed by atoms with Crippen molar-refractivity contribution in [1.29, 1.82) is 0 Å². The van der Waals surface area contributed by atoms with Gasteiger partial charge < -0.3 is 9.80 Å². The summed E-state index contributed by atoms with van der Waals surface area (Å²) in [6.07, 6.45) is 1.82. The maximum absolute atomic E-state index is 13.5. The molecule has 1 amide bonds. The fourth-order valence-electron chi connectivity index (χ4n) is 5.00. The molecule has 2 aliphatic heterocycles. The molecule has 2 aliphatic rings. The Hall–Kier alpha value is -3.99. The van der Waals surface area contributed by atoms with Crippen LogP contribution in [0.1, 0.15) is 10.4 Å². The lowest BCUT2D eigenvalue weighted by molar-refractivity contribution is 0.0328. The van der Waals surface area contributed by atoms with Crippen LogP contribution in [0.15, 0.2) is 97.2 Å². The van der Waals surface area contributed by atoms with Crippen LogP contribution in [0.5, 0.6) is 0 Å². The number of hydrogen-bond acceptors (Lipinski definition) is 4. The minimum Gasteiger partial charge on any atom is -0.338 e. The third-order valence-corrected chi connectivity index (χ3v) is 6.74. The van der Waals surface area contributed by atoms with Crippen LogP contribution >= 0.6 is 0 Å². The Morgan fingerprint density at radius 1 is 0.758 bits per heavy atom. The van der Waals surface area contributed by atoms with E-state index in [4.69, 9.17) is 4.98 Å². The van der Waals surface area contributed by atoms with Crippen molar-refractivity contribution in [3.05, 3.63) is 103 Å². The van der Waals surface area contributed by atoms with Crippen molar-refractivity contribution in [1.82, 2.24) is 14.9 Å². The van der Waals surface area contributed by atoms with Crippen molar-refractivity contribution in [3.8, 4) is 22.4 Å². The van der Waals surface area contributed by atoms with Crippen LogP contribution in [0.3, 0.4) is 0 Å². The van der Waals surface area contributed by atoms with Gasteiger partial charge in [0.1, 0.15) is 0 Å². The lowest BCUT2D eigenvalue weighted by atomic mass is 9.89. The third-order valence-electron chi connectivity index (χ3n) is 6.74. The van der Waals surface area contributed by atoms with E-state index < -0.39 is 0 Å². The number of anilines is 1. The summed E-state index contributed by atoms with van der Waals surface area (Å²) < 4.78 is 0. The fraction of sp³-hybridized carbons (Fsp3) is 0.179. The highest BCUT2D eigenvalue weighted by Gasteiger charge is 2.48. The molecule has 4 aromatic rings. The molecule has 6 rings (SSSR count). The van der Waals surface area contributed by atoms with Gasteiger partial charge in [-0.3, -0.25) is 4.79 Å². The lowest BCUT2D eigenvalue weighted by Gasteiger charge is -2.43. The van der Waals surface area contributed by atoms with E-state index in [-0.39, 0.29) is 11.9 Å². The lowest BCUT2D eigenvalue weighted by Crippen LogP contribution is -2.58. The molecule has 0 radical (unpaired) electrons. The molecule has 5 heteroatoms. The van der Waals surface area contributed by atoms with Crippen molar-refractivity contribution in [2.45, 2.75) is 6.04 Å². The molecule has 0 N–H and O–H groups in total. The zero-order valence-corrected chi connectivity index (χ0v) is 18.2. The molecule has 0 spiro atoms. The molecule has 0 bridgehead atoms. The van der Waals surface area contributed by atoms with Crippen LogP contribution < -0.4 is 4.90 Å². The zero-order valence-electron chi connectivity index (χ0n) is 18.2. The predicted molar refractivity (Wildman–Crippen MR) is 130 cm³/mol. The zero-order chi connectivity index (χ0) is 22.2. The summed E-state index contributed by atoms with van der Waals surface area (Å²) in [4.78, 5) is 27.1. The summed E-state index contributed by atoms with van der Waals surface area (Å²) in [6, 6.07) is 30.3. The second-order valence-corrected chi connectivity index (χ2v) is 8.71. The first kappa shape index (κ1) is 19.7. The Balaban J connectivity index is 1.22. The molecule has 1 aromatic heterocycles. The molecule has 2 atom stereocenters. The average molecular weight is 433 g/mol. The highest BCUT2D eigenvalue weighted by Crippen LogP contribution is 2.36. The molecule has 2 unspecified atom stereocenters. The Morgan fingerprint density at radius 3 is 2.24 bits per heavy atom. The quantitative estimate of drug-likeness (QED) is 0.466. The number of aromatic nitrogens is 2. The number of benzene rings is 3. The van der Waals surface area contributed by atoms with E-state index in [0.29, 0.717) is 5.92 Å². The van der Waals surface area contributed by atoms with E-state index in [1.807, 2.05) is 77.8 Å². The van der Waals surface area contributed by atoms with E-state index in [1.165, 1.54) is 0 Å². The monoisotopic (exact) mass is 432 g/mol. The second-order valence-electron chi connectivity index (χ2n) is 8.71. The van der Waals surface area contributed by atoms with E-state index in [1.54, 1.807) is 0 Å². The van der Waals surface area contributed by atoms with E-state index in [2.05, 4.69) is 34.1 Å². The van der Waals surface area contributed by atoms with Gasteiger partial charge in [-0.1, -0.05) is 78.9 Å². The number of rotatable bonds is 4. The van der Waals surface area contributed by atoms with Crippen molar-refractivity contribution >= 4 is 11.9 Å². The standard InChI is InChI=1S/C28H24N4O/c33-27(24-14-8-7-13-23(24)20-9-3-1-4-10-20)32-18-22-17-31(19-26(22)32)28-29-16-15-25(30-28)21-11-5-2-6-12-21/h1-16,22,26H,17-19H2. The normalized spacial score (nSPS) is 19.2. The SMILES string of the molecule is O=C(c1ccccc1-c1ccccc1)N1CC2CN(c3nccc(-c4ccccc4)n3)CC21. The van der Waals surface area contributed by atoms with E-state index in [0.717, 1.165) is 53.5 Å². The number of fused-ring (bicyclic) bond motifs is 1. The van der Waals surface area contributed by atoms with Crippen LogP contribution in [0.25, 0.3) is 22.4 Å². The summed E-state index contributed by atoms with van der Waals surface area (Å²) >= 11 is 0. The molecule has 5 nitrogen and oxygen atoms in total. The first-order chi connectivity index (χ1) is 16.3. The first-order valence-corrected chi connectivity index (χ1v) is 11.4. The van der Waals surface area contributed by atoms with Gasteiger partial charge >= 0.3 is 0 Å². The molecule has 162 valence electrons. The number of hydrogen-bond donors (Lipinski definition) is 0. The van der Waals surface area contributed by atoms with E-state index in [9.17, 15) is 4.79 Å². The topological polar surface area (TPSA) is 49.3 Å². The van der Waals surface area contributed by atoms with Gasteiger partial charge in [-0.2, -0.15) is 0 Å². The number of carbonyl (C=O) groups is 1. The van der Waals surface area contributed by atoms with Crippen molar-refractivity contribution in [3.63, 3.8) is 0 Å². The van der Waals surface area contributed by atoms with Crippen LogP contribution in [0.2, 0.25) is 0 Å². The van der Waals surface area contributed by atoms with Crippen molar-refractivity contribution in [2.24, 2.45) is 5.92 Å². The highest BCUT2D eigenvalue weighted by molar-refractivity contribution is 6.01. The number of amides is 1. The maximum Gasteiger partial charge on any atom is 0.254 e. The molecule has 0 saturated carbocycles. The van der Waals surface area contributed by atoms with Gasteiger partial charge in [0.25, 0.3) is 5.91 Å². The number of likely N-dealkylation sites (tertiary alicyclic amines) is 1. The molecular weight excluding hydrogens is 408 g/mol. The van der Waals surface area contributed by atoms with E-state index >= 15 is 0 Å². The number of carbonyl (C=O) groups excluding carboxylic acids is 1. The maximum atomic E-state index is 13.5. The summed E-state index contributed by atoms with van der Waals surface area (Å²) in [6.45, 7) is 2.43.